The second kappa shape index (κ2) is 4.68. The Morgan fingerprint density at radius 1 is 1.38 bits per heavy atom. The molecule has 0 saturated heterocycles. The predicted molar refractivity (Wildman–Crippen MR) is 61.5 cm³/mol. The van der Waals surface area contributed by atoms with Gasteiger partial charge in [-0.25, -0.2) is 0 Å². The Kier molecular flexibility index (Phi) is 3.82. The van der Waals surface area contributed by atoms with E-state index < -0.39 is 0 Å². The number of aryl methyl sites for hydroxylation is 1. The topological polar surface area (TPSA) is 3.24 Å². The third-order valence-electron chi connectivity index (χ3n) is 2.22. The van der Waals surface area contributed by atoms with Crippen molar-refractivity contribution in [2.24, 2.45) is 0 Å². The molecule has 0 amide bonds. The summed E-state index contributed by atoms with van der Waals surface area (Å²) in [5.41, 5.74) is 2.66. The number of rotatable bonds is 3. The highest BCUT2D eigenvalue weighted by molar-refractivity contribution is 7.80. The molecule has 1 aromatic rings. The fraction of sp³-hybridized carbons (Fsp3) is 0.455. The molecule has 1 atom stereocenters. The molecule has 0 fully saturated rings. The Morgan fingerprint density at radius 2 is 2.08 bits per heavy atom. The first-order valence-corrected chi connectivity index (χ1v) is 5.12. The maximum atomic E-state index is 4.36. The van der Waals surface area contributed by atoms with E-state index in [0.29, 0.717) is 6.04 Å². The molecule has 0 saturated carbocycles. The molecule has 0 spiro atoms. The van der Waals surface area contributed by atoms with Crippen LogP contribution in [0.4, 0.5) is 0 Å². The fourth-order valence-corrected chi connectivity index (χ4v) is 1.98. The molecular weight excluding hydrogens is 178 g/mol. The summed E-state index contributed by atoms with van der Waals surface area (Å²) in [4.78, 5) is 2.20. The van der Waals surface area contributed by atoms with E-state index in [9.17, 15) is 0 Å². The largest absolute Gasteiger partial charge is 0.302 e. The third-order valence-corrected chi connectivity index (χ3v) is 2.57. The summed E-state index contributed by atoms with van der Waals surface area (Å²) < 4.78 is 0. The van der Waals surface area contributed by atoms with Gasteiger partial charge in [-0.3, -0.25) is 0 Å². The lowest BCUT2D eigenvalue weighted by atomic mass is 10.1. The lowest BCUT2D eigenvalue weighted by Gasteiger charge is -2.23. The first kappa shape index (κ1) is 10.6. The Hall–Kier alpha value is -0.470. The van der Waals surface area contributed by atoms with Gasteiger partial charge in [-0.1, -0.05) is 29.8 Å². The smallest absolute Gasteiger partial charge is 0.0430 e. The van der Waals surface area contributed by atoms with Crippen LogP contribution in [0.5, 0.6) is 0 Å². The van der Waals surface area contributed by atoms with Crippen LogP contribution in [0.15, 0.2) is 24.3 Å². The van der Waals surface area contributed by atoms with Gasteiger partial charge in [0.25, 0.3) is 0 Å². The fourth-order valence-electron chi connectivity index (χ4n) is 1.44. The molecule has 0 radical (unpaired) electrons. The minimum Gasteiger partial charge on any atom is -0.302 e. The summed E-state index contributed by atoms with van der Waals surface area (Å²) in [7, 11) is 4.17. The molecule has 0 heterocycles. The van der Waals surface area contributed by atoms with Crippen LogP contribution in [-0.2, 0) is 0 Å². The molecule has 2 heteroatoms. The molecule has 1 unspecified atom stereocenters. The van der Waals surface area contributed by atoms with E-state index in [4.69, 9.17) is 0 Å². The average Bonchev–Trinajstić information content (AvgIpc) is 2.04. The minimum absolute atomic E-state index is 0.420. The second-order valence-electron chi connectivity index (χ2n) is 3.58. The average molecular weight is 195 g/mol. The van der Waals surface area contributed by atoms with Crippen molar-refractivity contribution in [2.45, 2.75) is 13.0 Å². The van der Waals surface area contributed by atoms with Crippen LogP contribution in [0.2, 0.25) is 0 Å². The van der Waals surface area contributed by atoms with Crippen molar-refractivity contribution in [1.82, 2.24) is 4.90 Å². The summed E-state index contributed by atoms with van der Waals surface area (Å²) in [6.07, 6.45) is 0. The molecule has 0 aliphatic heterocycles. The van der Waals surface area contributed by atoms with Crippen molar-refractivity contribution in [3.8, 4) is 0 Å². The lowest BCUT2D eigenvalue weighted by molar-refractivity contribution is 0.326. The van der Waals surface area contributed by atoms with E-state index >= 15 is 0 Å². The molecule has 1 aromatic carbocycles. The Balaban J connectivity index is 2.91. The molecular formula is C11H17NS. The van der Waals surface area contributed by atoms with E-state index in [0.717, 1.165) is 5.75 Å². The SMILES string of the molecule is Cc1cccc(C(CS)N(C)C)c1. The predicted octanol–water partition coefficient (Wildman–Crippen LogP) is 2.53. The van der Waals surface area contributed by atoms with Crippen LogP contribution in [0.3, 0.4) is 0 Å². The minimum atomic E-state index is 0.420. The lowest BCUT2D eigenvalue weighted by Crippen LogP contribution is -2.21. The molecule has 0 aliphatic carbocycles. The number of hydrogen-bond acceptors (Lipinski definition) is 2. The van der Waals surface area contributed by atoms with E-state index in [1.807, 2.05) is 0 Å². The molecule has 1 nitrogen and oxygen atoms in total. The van der Waals surface area contributed by atoms with Crippen molar-refractivity contribution in [1.29, 1.82) is 0 Å². The van der Waals surface area contributed by atoms with Crippen LogP contribution in [0.25, 0.3) is 0 Å². The highest BCUT2D eigenvalue weighted by Crippen LogP contribution is 2.19. The molecule has 72 valence electrons. The van der Waals surface area contributed by atoms with Crippen molar-refractivity contribution in [2.75, 3.05) is 19.8 Å². The molecule has 0 aliphatic rings. The van der Waals surface area contributed by atoms with Gasteiger partial charge in [0.1, 0.15) is 0 Å². The van der Waals surface area contributed by atoms with Gasteiger partial charge < -0.3 is 4.90 Å². The van der Waals surface area contributed by atoms with Crippen LogP contribution >= 0.6 is 12.6 Å². The van der Waals surface area contributed by atoms with Crippen LogP contribution in [-0.4, -0.2) is 24.7 Å². The quantitative estimate of drug-likeness (QED) is 0.725. The van der Waals surface area contributed by atoms with Gasteiger partial charge in [0.05, 0.1) is 0 Å². The van der Waals surface area contributed by atoms with Gasteiger partial charge in [0.15, 0.2) is 0 Å². The third kappa shape index (κ3) is 2.75. The molecule has 1 rings (SSSR count). The monoisotopic (exact) mass is 195 g/mol. The Labute approximate surface area is 86.2 Å². The molecule has 0 N–H and O–H groups in total. The number of benzene rings is 1. The van der Waals surface area contributed by atoms with Gasteiger partial charge in [-0.2, -0.15) is 12.6 Å². The molecule has 0 aromatic heterocycles. The Bertz CT molecular complexity index is 271. The van der Waals surface area contributed by atoms with E-state index in [1.54, 1.807) is 0 Å². The van der Waals surface area contributed by atoms with Crippen molar-refractivity contribution >= 4 is 12.6 Å². The first-order chi connectivity index (χ1) is 6.15. The van der Waals surface area contributed by atoms with Crippen LogP contribution in [0, 0.1) is 6.92 Å². The summed E-state index contributed by atoms with van der Waals surface area (Å²) in [5, 5.41) is 0. The standard InChI is InChI=1S/C11H17NS/c1-9-5-4-6-10(7-9)11(8-13)12(2)3/h4-7,11,13H,8H2,1-3H3. The normalized spacial score (nSPS) is 13.3. The number of thiol groups is 1. The number of nitrogens with zero attached hydrogens (tertiary/aromatic N) is 1. The van der Waals surface area contributed by atoms with Gasteiger partial charge in [0, 0.05) is 11.8 Å². The molecule has 0 bridgehead atoms. The zero-order valence-electron chi connectivity index (χ0n) is 8.49. The Morgan fingerprint density at radius 3 is 2.54 bits per heavy atom. The summed E-state index contributed by atoms with van der Waals surface area (Å²) in [6.45, 7) is 2.12. The summed E-state index contributed by atoms with van der Waals surface area (Å²) >= 11 is 4.36. The van der Waals surface area contributed by atoms with Crippen LogP contribution < -0.4 is 0 Å². The van der Waals surface area contributed by atoms with Gasteiger partial charge in [0.2, 0.25) is 0 Å². The van der Waals surface area contributed by atoms with Gasteiger partial charge in [-0.05, 0) is 26.6 Å². The summed E-state index contributed by atoms with van der Waals surface area (Å²) in [5.74, 6) is 0.858. The molecule has 13 heavy (non-hydrogen) atoms. The highest BCUT2D eigenvalue weighted by Gasteiger charge is 2.11. The zero-order chi connectivity index (χ0) is 9.84. The van der Waals surface area contributed by atoms with Crippen molar-refractivity contribution in [3.63, 3.8) is 0 Å². The summed E-state index contributed by atoms with van der Waals surface area (Å²) in [6, 6.07) is 9.02. The van der Waals surface area contributed by atoms with E-state index in [1.165, 1.54) is 11.1 Å². The van der Waals surface area contributed by atoms with Crippen molar-refractivity contribution < 1.29 is 0 Å². The maximum Gasteiger partial charge on any atom is 0.0430 e. The van der Waals surface area contributed by atoms with E-state index in [2.05, 4.69) is 62.8 Å². The first-order valence-electron chi connectivity index (χ1n) is 4.49. The zero-order valence-corrected chi connectivity index (χ0v) is 9.38. The number of hydrogen-bond donors (Lipinski definition) is 1. The second-order valence-corrected chi connectivity index (χ2v) is 3.94. The van der Waals surface area contributed by atoms with E-state index in [-0.39, 0.29) is 0 Å². The van der Waals surface area contributed by atoms with Crippen molar-refractivity contribution in [3.05, 3.63) is 35.4 Å². The highest BCUT2D eigenvalue weighted by atomic mass is 32.1. The van der Waals surface area contributed by atoms with Crippen LogP contribution in [0.1, 0.15) is 17.2 Å². The van der Waals surface area contributed by atoms with Gasteiger partial charge >= 0.3 is 0 Å². The van der Waals surface area contributed by atoms with Gasteiger partial charge in [-0.15, -0.1) is 0 Å². The maximum absolute atomic E-state index is 4.36.